The molecule has 0 saturated heterocycles. The van der Waals surface area contributed by atoms with Crippen molar-refractivity contribution in [2.75, 3.05) is 19.7 Å². The Morgan fingerprint density at radius 1 is 1.65 bits per heavy atom. The number of amides is 1. The molecule has 1 rings (SSSR count). The zero-order chi connectivity index (χ0) is 13.1. The average Bonchev–Trinajstić information content (AvgIpc) is 2.25. The molecule has 17 heavy (non-hydrogen) atoms. The second-order valence-corrected chi connectivity index (χ2v) is 5.13. The molecule has 1 heterocycles. The first-order valence-corrected chi connectivity index (χ1v) is 6.65. The molecular weight excluding hydrogens is 249 g/mol. The third-order valence-electron chi connectivity index (χ3n) is 2.43. The van der Waals surface area contributed by atoms with E-state index < -0.39 is 26.4 Å². The van der Waals surface area contributed by atoms with Gasteiger partial charge in [0.05, 0.1) is 6.61 Å². The molecule has 1 aliphatic heterocycles. The van der Waals surface area contributed by atoms with E-state index in [1.54, 1.807) is 0 Å². The Balaban J connectivity index is 2.45. The fraction of sp³-hybridized carbons (Fsp3) is 0.667. The molecule has 0 aliphatic carbocycles. The van der Waals surface area contributed by atoms with Gasteiger partial charge < -0.3 is 19.8 Å². The number of aliphatic hydroxyl groups excluding tert-OH is 1. The zero-order valence-corrected chi connectivity index (χ0v) is 10.3. The molecule has 1 aliphatic rings. The van der Waals surface area contributed by atoms with Crippen molar-refractivity contribution in [2.24, 2.45) is 0 Å². The number of aliphatic hydroxyl groups is 1. The second-order valence-electron chi connectivity index (χ2n) is 3.89. The highest BCUT2D eigenvalue weighted by atomic mass is 31.2. The minimum atomic E-state index is -4.65. The Morgan fingerprint density at radius 3 is 2.76 bits per heavy atom. The Labute approximate surface area is 98.9 Å². The molecule has 8 heteroatoms. The van der Waals surface area contributed by atoms with E-state index in [-0.39, 0.29) is 0 Å². The normalized spacial score (nSPS) is 18.8. The van der Waals surface area contributed by atoms with Crippen molar-refractivity contribution in [1.82, 2.24) is 4.90 Å². The minimum Gasteiger partial charge on any atom is -0.381 e. The SMILES string of the molecule is CC1=CCN(C(=O)C(O)COP(=O)(O)O)CC1. The lowest BCUT2D eigenvalue weighted by atomic mass is 10.1. The van der Waals surface area contributed by atoms with Gasteiger partial charge in [-0.2, -0.15) is 0 Å². The molecule has 0 spiro atoms. The Hall–Kier alpha value is -0.720. The van der Waals surface area contributed by atoms with Crippen LogP contribution in [0, 0.1) is 0 Å². The zero-order valence-electron chi connectivity index (χ0n) is 9.44. The van der Waals surface area contributed by atoms with E-state index >= 15 is 0 Å². The summed E-state index contributed by atoms with van der Waals surface area (Å²) in [6.07, 6.45) is 1.06. The molecule has 0 aromatic rings. The standard InChI is InChI=1S/C9H16NO6P/c1-7-2-4-10(5-3-7)9(12)8(11)6-16-17(13,14)15/h2,8,11H,3-6H2,1H3,(H2,13,14,15). The smallest absolute Gasteiger partial charge is 0.381 e. The van der Waals surface area contributed by atoms with E-state index in [4.69, 9.17) is 9.79 Å². The average molecular weight is 265 g/mol. The molecule has 0 aromatic heterocycles. The summed E-state index contributed by atoms with van der Waals surface area (Å²) in [5.41, 5.74) is 1.18. The van der Waals surface area contributed by atoms with Crippen molar-refractivity contribution < 1.29 is 28.8 Å². The summed E-state index contributed by atoms with van der Waals surface area (Å²) in [7, 11) is -4.65. The van der Waals surface area contributed by atoms with Gasteiger partial charge in [0.15, 0.2) is 6.10 Å². The minimum absolute atomic E-state index is 0.400. The molecule has 1 atom stereocenters. The van der Waals surface area contributed by atoms with Crippen molar-refractivity contribution in [3.8, 4) is 0 Å². The predicted octanol–water partition coefficient (Wildman–Crippen LogP) is -0.365. The van der Waals surface area contributed by atoms with Crippen LogP contribution in [0.3, 0.4) is 0 Å². The molecule has 0 fully saturated rings. The summed E-state index contributed by atoms with van der Waals surface area (Å²) < 4.78 is 14.5. The highest BCUT2D eigenvalue weighted by Crippen LogP contribution is 2.35. The first-order chi connectivity index (χ1) is 7.79. The van der Waals surface area contributed by atoms with Crippen LogP contribution < -0.4 is 0 Å². The van der Waals surface area contributed by atoms with E-state index in [9.17, 15) is 14.5 Å². The van der Waals surface area contributed by atoms with Crippen LogP contribution in [-0.4, -0.2) is 51.5 Å². The lowest BCUT2D eigenvalue weighted by Gasteiger charge is -2.27. The predicted molar refractivity (Wildman–Crippen MR) is 59.0 cm³/mol. The quantitative estimate of drug-likeness (QED) is 0.473. The number of phosphoric ester groups is 1. The van der Waals surface area contributed by atoms with Crippen LogP contribution in [0.15, 0.2) is 11.6 Å². The fourth-order valence-electron chi connectivity index (χ4n) is 1.42. The second kappa shape index (κ2) is 5.75. The molecule has 0 saturated carbocycles. The van der Waals surface area contributed by atoms with Gasteiger partial charge in [-0.3, -0.25) is 9.32 Å². The van der Waals surface area contributed by atoms with Crippen LogP contribution in [-0.2, 0) is 13.9 Å². The van der Waals surface area contributed by atoms with Crippen LogP contribution in [0.5, 0.6) is 0 Å². The first kappa shape index (κ1) is 14.3. The van der Waals surface area contributed by atoms with Crippen molar-refractivity contribution in [3.05, 3.63) is 11.6 Å². The molecule has 3 N–H and O–H groups in total. The van der Waals surface area contributed by atoms with Gasteiger partial charge in [0.2, 0.25) is 0 Å². The molecule has 0 bridgehead atoms. The number of carbonyl (C=O) groups is 1. The number of nitrogens with zero attached hydrogens (tertiary/aromatic N) is 1. The van der Waals surface area contributed by atoms with Gasteiger partial charge in [-0.15, -0.1) is 0 Å². The van der Waals surface area contributed by atoms with E-state index in [2.05, 4.69) is 4.52 Å². The maximum Gasteiger partial charge on any atom is 0.469 e. The van der Waals surface area contributed by atoms with Crippen LogP contribution >= 0.6 is 7.82 Å². The van der Waals surface area contributed by atoms with Crippen LogP contribution in [0.2, 0.25) is 0 Å². The van der Waals surface area contributed by atoms with Gasteiger partial charge in [-0.1, -0.05) is 11.6 Å². The summed E-state index contributed by atoms with van der Waals surface area (Å²) in [6.45, 7) is 2.14. The number of hydrogen-bond donors (Lipinski definition) is 3. The summed E-state index contributed by atoms with van der Waals surface area (Å²) >= 11 is 0. The first-order valence-electron chi connectivity index (χ1n) is 5.12. The summed E-state index contributed by atoms with van der Waals surface area (Å²) in [5, 5.41) is 9.42. The maximum absolute atomic E-state index is 11.6. The molecule has 1 unspecified atom stereocenters. The molecule has 0 radical (unpaired) electrons. The number of carbonyl (C=O) groups excluding carboxylic acids is 1. The molecule has 1 amide bonds. The lowest BCUT2D eigenvalue weighted by molar-refractivity contribution is -0.141. The van der Waals surface area contributed by atoms with Gasteiger partial charge in [-0.25, -0.2) is 4.57 Å². The Morgan fingerprint density at radius 2 is 2.29 bits per heavy atom. The van der Waals surface area contributed by atoms with E-state index in [1.165, 1.54) is 10.5 Å². The highest BCUT2D eigenvalue weighted by molar-refractivity contribution is 7.46. The van der Waals surface area contributed by atoms with E-state index in [0.717, 1.165) is 6.42 Å². The van der Waals surface area contributed by atoms with Gasteiger partial charge >= 0.3 is 7.82 Å². The highest BCUT2D eigenvalue weighted by Gasteiger charge is 2.26. The Kier molecular flexibility index (Phi) is 4.85. The topological polar surface area (TPSA) is 107 Å². The molecule has 7 nitrogen and oxygen atoms in total. The van der Waals surface area contributed by atoms with E-state index in [0.29, 0.717) is 13.1 Å². The van der Waals surface area contributed by atoms with Gasteiger partial charge in [-0.05, 0) is 13.3 Å². The largest absolute Gasteiger partial charge is 0.469 e. The van der Waals surface area contributed by atoms with Crippen LogP contribution in [0.1, 0.15) is 13.3 Å². The van der Waals surface area contributed by atoms with Crippen molar-refractivity contribution >= 4 is 13.7 Å². The number of phosphoric acid groups is 1. The third kappa shape index (κ3) is 4.97. The van der Waals surface area contributed by atoms with Crippen molar-refractivity contribution in [1.29, 1.82) is 0 Å². The Bertz CT molecular complexity index is 362. The third-order valence-corrected chi connectivity index (χ3v) is 2.92. The van der Waals surface area contributed by atoms with Crippen LogP contribution in [0.4, 0.5) is 0 Å². The summed E-state index contributed by atoms with van der Waals surface area (Å²) in [6, 6.07) is 0. The maximum atomic E-state index is 11.6. The number of rotatable bonds is 4. The summed E-state index contributed by atoms with van der Waals surface area (Å²) in [5.74, 6) is -0.581. The lowest BCUT2D eigenvalue weighted by Crippen LogP contribution is -2.43. The molecule has 98 valence electrons. The fourth-order valence-corrected chi connectivity index (χ4v) is 1.76. The van der Waals surface area contributed by atoms with E-state index in [1.807, 2.05) is 13.0 Å². The molecule has 0 aromatic carbocycles. The van der Waals surface area contributed by atoms with Crippen molar-refractivity contribution in [2.45, 2.75) is 19.4 Å². The van der Waals surface area contributed by atoms with Crippen molar-refractivity contribution in [3.63, 3.8) is 0 Å². The van der Waals surface area contributed by atoms with Gasteiger partial charge in [0, 0.05) is 13.1 Å². The summed E-state index contributed by atoms with van der Waals surface area (Å²) in [4.78, 5) is 29.9. The van der Waals surface area contributed by atoms with Gasteiger partial charge in [0.1, 0.15) is 0 Å². The van der Waals surface area contributed by atoms with Gasteiger partial charge in [0.25, 0.3) is 5.91 Å². The number of hydrogen-bond acceptors (Lipinski definition) is 4. The monoisotopic (exact) mass is 265 g/mol. The molecular formula is C9H16NO6P. The van der Waals surface area contributed by atoms with Crippen LogP contribution in [0.25, 0.3) is 0 Å².